The Morgan fingerprint density at radius 3 is 2.46 bits per heavy atom. The second kappa shape index (κ2) is 10.1. The second-order valence-electron chi connectivity index (χ2n) is 8.26. The van der Waals surface area contributed by atoms with Crippen LogP contribution in [0.15, 0.2) is 18.2 Å². The average Bonchev–Trinajstić information content (AvgIpc) is 3.46. The van der Waals surface area contributed by atoms with Crippen molar-refractivity contribution < 1.29 is 14.3 Å². The minimum absolute atomic E-state index is 0.0630. The molecule has 2 fully saturated rings. The first kappa shape index (κ1) is 22.5. The van der Waals surface area contributed by atoms with E-state index in [1.54, 1.807) is 7.11 Å². The Labute approximate surface area is 170 Å². The molecule has 1 aromatic rings. The van der Waals surface area contributed by atoms with E-state index in [2.05, 4.69) is 19.1 Å². The van der Waals surface area contributed by atoms with Gasteiger partial charge in [-0.3, -0.25) is 4.79 Å². The van der Waals surface area contributed by atoms with E-state index in [-0.39, 0.29) is 11.8 Å². The van der Waals surface area contributed by atoms with Crippen LogP contribution in [-0.4, -0.2) is 43.7 Å². The van der Waals surface area contributed by atoms with E-state index in [4.69, 9.17) is 15.2 Å². The van der Waals surface area contributed by atoms with Gasteiger partial charge in [0.25, 0.3) is 0 Å². The van der Waals surface area contributed by atoms with Gasteiger partial charge in [-0.05, 0) is 48.3 Å². The molecule has 0 bridgehead atoms. The predicted molar refractivity (Wildman–Crippen MR) is 114 cm³/mol. The number of hydrogen-bond donors (Lipinski definition) is 1. The number of amides is 1. The van der Waals surface area contributed by atoms with Crippen LogP contribution in [0.4, 0.5) is 0 Å². The van der Waals surface area contributed by atoms with Gasteiger partial charge in [0.1, 0.15) is 0 Å². The molecule has 1 aliphatic heterocycles. The van der Waals surface area contributed by atoms with Crippen LogP contribution < -0.4 is 15.2 Å². The number of rotatable bonds is 7. The number of benzene rings is 1. The van der Waals surface area contributed by atoms with Gasteiger partial charge in [0.2, 0.25) is 5.91 Å². The quantitative estimate of drug-likeness (QED) is 0.763. The molecule has 1 saturated carbocycles. The molecule has 1 heterocycles. The number of carbonyl (C=O) groups is 1. The summed E-state index contributed by atoms with van der Waals surface area (Å²) >= 11 is 0. The highest BCUT2D eigenvalue weighted by molar-refractivity contribution is 5.82. The number of ether oxygens (including phenoxy) is 2. The zero-order valence-electron chi connectivity index (χ0n) is 18.4. The highest BCUT2D eigenvalue weighted by Crippen LogP contribution is 2.38. The molecule has 158 valence electrons. The van der Waals surface area contributed by atoms with Gasteiger partial charge in [0.05, 0.1) is 19.8 Å². The van der Waals surface area contributed by atoms with E-state index < -0.39 is 6.04 Å². The number of likely N-dealkylation sites (tertiary alicyclic amines) is 1. The van der Waals surface area contributed by atoms with E-state index in [0.29, 0.717) is 17.8 Å². The molecular formula is C23H38N2O3. The molecule has 0 spiro atoms. The minimum atomic E-state index is -0.422. The molecular weight excluding hydrogens is 352 g/mol. The standard InChI is InChI=1S/C21H32N2O3.C2H6/c1-13(2)20(22)21(24)23-10-14(3)17(11-23)16-7-8-18(25-4)19(9-16)26-12-15-5-6-15;1-2/h7-9,13-15,17,20H,5-6,10-12,22H2,1-4H3;1-2H3. The maximum atomic E-state index is 12.6. The van der Waals surface area contributed by atoms with Crippen LogP contribution in [0.3, 0.4) is 0 Å². The smallest absolute Gasteiger partial charge is 0.239 e. The van der Waals surface area contributed by atoms with E-state index in [1.807, 2.05) is 38.7 Å². The lowest BCUT2D eigenvalue weighted by molar-refractivity contribution is -0.132. The van der Waals surface area contributed by atoms with Crippen LogP contribution in [0.1, 0.15) is 58.9 Å². The fourth-order valence-corrected chi connectivity index (χ4v) is 3.61. The van der Waals surface area contributed by atoms with Crippen molar-refractivity contribution in [1.82, 2.24) is 4.90 Å². The summed E-state index contributed by atoms with van der Waals surface area (Å²) in [4.78, 5) is 14.5. The third kappa shape index (κ3) is 5.40. The Bertz CT molecular complexity index is 643. The SMILES string of the molecule is CC.COc1ccc(C2CN(C(=O)C(N)C(C)C)CC2C)cc1OCC1CC1. The summed E-state index contributed by atoms with van der Waals surface area (Å²) in [5, 5.41) is 0. The summed E-state index contributed by atoms with van der Waals surface area (Å²) in [7, 11) is 1.67. The van der Waals surface area contributed by atoms with Crippen LogP contribution in [0.5, 0.6) is 11.5 Å². The summed E-state index contributed by atoms with van der Waals surface area (Å²) in [5.41, 5.74) is 7.28. The molecule has 0 aromatic heterocycles. The number of nitrogens with two attached hydrogens (primary N) is 1. The molecule has 1 aromatic carbocycles. The zero-order chi connectivity index (χ0) is 20.8. The van der Waals surface area contributed by atoms with Gasteiger partial charge in [-0.25, -0.2) is 0 Å². The first-order valence-corrected chi connectivity index (χ1v) is 10.8. The molecule has 28 heavy (non-hydrogen) atoms. The summed E-state index contributed by atoms with van der Waals surface area (Å²) in [6, 6.07) is 5.75. The van der Waals surface area contributed by atoms with Gasteiger partial charge in [-0.15, -0.1) is 0 Å². The topological polar surface area (TPSA) is 64.8 Å². The fraction of sp³-hybridized carbons (Fsp3) is 0.696. The lowest BCUT2D eigenvalue weighted by atomic mass is 9.90. The number of methoxy groups -OCH3 is 1. The van der Waals surface area contributed by atoms with Crippen molar-refractivity contribution in [2.24, 2.45) is 23.5 Å². The maximum absolute atomic E-state index is 12.6. The van der Waals surface area contributed by atoms with E-state index in [0.717, 1.165) is 31.2 Å². The Morgan fingerprint density at radius 1 is 1.21 bits per heavy atom. The average molecular weight is 391 g/mol. The summed E-state index contributed by atoms with van der Waals surface area (Å²) < 4.78 is 11.5. The van der Waals surface area contributed by atoms with E-state index >= 15 is 0 Å². The predicted octanol–water partition coefficient (Wildman–Crippen LogP) is 4.06. The maximum Gasteiger partial charge on any atom is 0.239 e. The minimum Gasteiger partial charge on any atom is -0.493 e. The van der Waals surface area contributed by atoms with Gasteiger partial charge in [-0.1, -0.05) is 40.7 Å². The number of carbonyl (C=O) groups excluding carboxylic acids is 1. The molecule has 2 aliphatic rings. The summed E-state index contributed by atoms with van der Waals surface area (Å²) in [6.07, 6.45) is 2.52. The van der Waals surface area contributed by atoms with Crippen LogP contribution in [0, 0.1) is 17.8 Å². The van der Waals surface area contributed by atoms with Gasteiger partial charge in [0, 0.05) is 19.0 Å². The Hall–Kier alpha value is -1.75. The second-order valence-corrected chi connectivity index (χ2v) is 8.26. The van der Waals surface area contributed by atoms with Gasteiger partial charge >= 0.3 is 0 Å². The third-order valence-corrected chi connectivity index (χ3v) is 5.71. The molecule has 3 atom stereocenters. The van der Waals surface area contributed by atoms with Crippen molar-refractivity contribution in [2.45, 2.75) is 59.4 Å². The van der Waals surface area contributed by atoms with Crippen molar-refractivity contribution in [3.05, 3.63) is 23.8 Å². The molecule has 2 N–H and O–H groups in total. The third-order valence-electron chi connectivity index (χ3n) is 5.71. The van der Waals surface area contributed by atoms with Crippen molar-refractivity contribution in [2.75, 3.05) is 26.8 Å². The van der Waals surface area contributed by atoms with Crippen molar-refractivity contribution in [3.63, 3.8) is 0 Å². The van der Waals surface area contributed by atoms with Crippen molar-refractivity contribution in [3.8, 4) is 11.5 Å². The molecule has 1 amide bonds. The summed E-state index contributed by atoms with van der Waals surface area (Å²) in [6.45, 7) is 12.4. The Kier molecular flexibility index (Phi) is 8.17. The highest BCUT2D eigenvalue weighted by atomic mass is 16.5. The molecule has 0 radical (unpaired) electrons. The molecule has 3 unspecified atom stereocenters. The van der Waals surface area contributed by atoms with Gasteiger partial charge in [0.15, 0.2) is 11.5 Å². The van der Waals surface area contributed by atoms with Crippen LogP contribution in [0.2, 0.25) is 0 Å². The number of nitrogens with zero attached hydrogens (tertiary/aromatic N) is 1. The van der Waals surface area contributed by atoms with E-state index in [1.165, 1.54) is 18.4 Å². The van der Waals surface area contributed by atoms with Crippen LogP contribution in [-0.2, 0) is 4.79 Å². The van der Waals surface area contributed by atoms with Crippen LogP contribution in [0.25, 0.3) is 0 Å². The van der Waals surface area contributed by atoms with Crippen molar-refractivity contribution in [1.29, 1.82) is 0 Å². The summed E-state index contributed by atoms with van der Waals surface area (Å²) in [5.74, 6) is 3.19. The zero-order valence-corrected chi connectivity index (χ0v) is 18.4. The first-order chi connectivity index (χ1) is 13.4. The lowest BCUT2D eigenvalue weighted by Crippen LogP contribution is -2.45. The molecule has 1 saturated heterocycles. The largest absolute Gasteiger partial charge is 0.493 e. The van der Waals surface area contributed by atoms with Gasteiger partial charge < -0.3 is 20.1 Å². The Balaban J connectivity index is 0.00000136. The van der Waals surface area contributed by atoms with Crippen LogP contribution >= 0.6 is 0 Å². The van der Waals surface area contributed by atoms with E-state index in [9.17, 15) is 4.79 Å². The Morgan fingerprint density at radius 2 is 1.89 bits per heavy atom. The molecule has 3 rings (SSSR count). The normalized spacial score (nSPS) is 22.5. The lowest BCUT2D eigenvalue weighted by Gasteiger charge is -2.23. The molecule has 1 aliphatic carbocycles. The number of hydrogen-bond acceptors (Lipinski definition) is 4. The van der Waals surface area contributed by atoms with Crippen molar-refractivity contribution >= 4 is 5.91 Å². The molecule has 5 nitrogen and oxygen atoms in total. The fourth-order valence-electron chi connectivity index (χ4n) is 3.61. The highest BCUT2D eigenvalue weighted by Gasteiger charge is 2.36. The molecule has 5 heteroatoms. The first-order valence-electron chi connectivity index (χ1n) is 10.8. The monoisotopic (exact) mass is 390 g/mol. The van der Waals surface area contributed by atoms with Gasteiger partial charge in [-0.2, -0.15) is 0 Å².